The topological polar surface area (TPSA) is 64.1 Å². The van der Waals surface area contributed by atoms with Crippen molar-refractivity contribution >= 4 is 5.91 Å². The predicted octanol–water partition coefficient (Wildman–Crippen LogP) is 1.52. The molecule has 0 saturated heterocycles. The van der Waals surface area contributed by atoms with E-state index in [4.69, 9.17) is 11.2 Å². The molecule has 1 N–H and O–H groups in total. The van der Waals surface area contributed by atoms with Gasteiger partial charge in [0.25, 0.3) is 5.91 Å². The lowest BCUT2D eigenvalue weighted by molar-refractivity contribution is 0.0958. The standard InChI is InChI=1S/C15H13N3O2/c1-3-9-16-15(19)12-6-4-5-11(10-12)13-7-8-14(20-2)18-17-13/h1,4-8,10H,9H2,2H3,(H,16,19). The number of nitrogens with zero attached hydrogens (tertiary/aromatic N) is 2. The lowest BCUT2D eigenvalue weighted by atomic mass is 10.1. The number of methoxy groups -OCH3 is 1. The van der Waals surface area contributed by atoms with E-state index in [1.54, 1.807) is 30.3 Å². The van der Waals surface area contributed by atoms with Gasteiger partial charge in [0.05, 0.1) is 19.3 Å². The summed E-state index contributed by atoms with van der Waals surface area (Å²) in [6.45, 7) is 0.200. The molecule has 0 fully saturated rings. The van der Waals surface area contributed by atoms with E-state index in [-0.39, 0.29) is 12.5 Å². The summed E-state index contributed by atoms with van der Waals surface area (Å²) in [5.41, 5.74) is 1.99. The molecule has 1 aromatic carbocycles. The highest BCUT2D eigenvalue weighted by molar-refractivity contribution is 5.95. The van der Waals surface area contributed by atoms with Crippen molar-refractivity contribution in [1.82, 2.24) is 15.5 Å². The SMILES string of the molecule is C#CCNC(=O)c1cccc(-c2ccc(OC)nn2)c1. The molecule has 1 heterocycles. The molecule has 5 heteroatoms. The van der Waals surface area contributed by atoms with Crippen LogP contribution in [0.2, 0.25) is 0 Å². The van der Waals surface area contributed by atoms with Crippen LogP contribution in [-0.2, 0) is 0 Å². The maximum Gasteiger partial charge on any atom is 0.252 e. The van der Waals surface area contributed by atoms with Crippen molar-refractivity contribution < 1.29 is 9.53 Å². The number of ether oxygens (including phenoxy) is 1. The van der Waals surface area contributed by atoms with Crippen LogP contribution in [0, 0.1) is 12.3 Å². The predicted molar refractivity (Wildman–Crippen MR) is 75.2 cm³/mol. The minimum atomic E-state index is -0.216. The normalized spacial score (nSPS) is 9.60. The first-order chi connectivity index (χ1) is 9.74. The number of carbonyl (C=O) groups excluding carboxylic acids is 1. The number of aromatic nitrogens is 2. The van der Waals surface area contributed by atoms with Gasteiger partial charge in [0, 0.05) is 17.2 Å². The number of carbonyl (C=O) groups is 1. The highest BCUT2D eigenvalue weighted by atomic mass is 16.5. The molecule has 100 valence electrons. The van der Waals surface area contributed by atoms with Gasteiger partial charge in [-0.3, -0.25) is 4.79 Å². The molecule has 0 atom stereocenters. The van der Waals surface area contributed by atoms with Gasteiger partial charge < -0.3 is 10.1 Å². The van der Waals surface area contributed by atoms with Crippen molar-refractivity contribution in [2.75, 3.05) is 13.7 Å². The Bertz CT molecular complexity index is 645. The van der Waals surface area contributed by atoms with E-state index in [1.165, 1.54) is 7.11 Å². The Hall–Kier alpha value is -2.87. The molecule has 1 amide bonds. The van der Waals surface area contributed by atoms with E-state index in [9.17, 15) is 4.79 Å². The van der Waals surface area contributed by atoms with Gasteiger partial charge in [0.15, 0.2) is 0 Å². The molecule has 5 nitrogen and oxygen atoms in total. The Balaban J connectivity index is 2.24. The summed E-state index contributed by atoms with van der Waals surface area (Å²) in [4.78, 5) is 11.8. The molecule has 1 aromatic heterocycles. The second-order valence-corrected chi connectivity index (χ2v) is 3.93. The molecule has 0 radical (unpaired) electrons. The van der Waals surface area contributed by atoms with Crippen LogP contribution >= 0.6 is 0 Å². The van der Waals surface area contributed by atoms with Crippen LogP contribution in [0.3, 0.4) is 0 Å². The zero-order valence-electron chi connectivity index (χ0n) is 11.0. The van der Waals surface area contributed by atoms with E-state index < -0.39 is 0 Å². The Morgan fingerprint density at radius 1 is 1.35 bits per heavy atom. The first kappa shape index (κ1) is 13.6. The molecule has 2 aromatic rings. The quantitative estimate of drug-likeness (QED) is 0.853. The average molecular weight is 267 g/mol. The lowest BCUT2D eigenvalue weighted by Gasteiger charge is -2.05. The summed E-state index contributed by atoms with van der Waals surface area (Å²) in [6, 6.07) is 10.6. The maximum atomic E-state index is 11.8. The summed E-state index contributed by atoms with van der Waals surface area (Å²) in [5.74, 6) is 2.58. The Labute approximate surface area is 117 Å². The first-order valence-corrected chi connectivity index (χ1v) is 5.94. The molecular weight excluding hydrogens is 254 g/mol. The van der Waals surface area contributed by atoms with E-state index in [1.807, 2.05) is 6.07 Å². The number of nitrogens with one attached hydrogen (secondary N) is 1. The minimum absolute atomic E-state index is 0.200. The van der Waals surface area contributed by atoms with Crippen molar-refractivity contribution in [3.8, 4) is 29.5 Å². The molecule has 0 aliphatic rings. The van der Waals surface area contributed by atoms with Crippen LogP contribution in [0.25, 0.3) is 11.3 Å². The van der Waals surface area contributed by atoms with Crippen LogP contribution in [-0.4, -0.2) is 29.8 Å². The zero-order chi connectivity index (χ0) is 14.4. The molecular formula is C15H13N3O2. The average Bonchev–Trinajstić information content (AvgIpc) is 2.52. The van der Waals surface area contributed by atoms with Crippen LogP contribution in [0.4, 0.5) is 0 Å². The van der Waals surface area contributed by atoms with Gasteiger partial charge in [-0.05, 0) is 18.2 Å². The maximum absolute atomic E-state index is 11.8. The number of terminal acetylenes is 1. The highest BCUT2D eigenvalue weighted by Gasteiger charge is 2.07. The number of hydrogen-bond donors (Lipinski definition) is 1. The zero-order valence-corrected chi connectivity index (χ0v) is 11.0. The molecule has 0 bridgehead atoms. The summed E-state index contributed by atoms with van der Waals surface area (Å²) < 4.78 is 4.95. The van der Waals surface area contributed by atoms with Crippen molar-refractivity contribution in [3.05, 3.63) is 42.0 Å². The fourth-order valence-corrected chi connectivity index (χ4v) is 1.64. The second-order valence-electron chi connectivity index (χ2n) is 3.93. The van der Waals surface area contributed by atoms with E-state index in [2.05, 4.69) is 21.4 Å². The number of hydrogen-bond acceptors (Lipinski definition) is 4. The van der Waals surface area contributed by atoms with Gasteiger partial charge in [-0.2, -0.15) is 0 Å². The lowest BCUT2D eigenvalue weighted by Crippen LogP contribution is -2.23. The monoisotopic (exact) mass is 267 g/mol. The van der Waals surface area contributed by atoms with Gasteiger partial charge in [-0.1, -0.05) is 18.1 Å². The Morgan fingerprint density at radius 3 is 2.85 bits per heavy atom. The fourth-order valence-electron chi connectivity index (χ4n) is 1.64. The van der Waals surface area contributed by atoms with Crippen LogP contribution in [0.15, 0.2) is 36.4 Å². The van der Waals surface area contributed by atoms with Crippen LogP contribution in [0.1, 0.15) is 10.4 Å². The van der Waals surface area contributed by atoms with E-state index >= 15 is 0 Å². The van der Waals surface area contributed by atoms with Crippen molar-refractivity contribution in [2.24, 2.45) is 0 Å². The van der Waals surface area contributed by atoms with Crippen LogP contribution in [0.5, 0.6) is 5.88 Å². The van der Waals surface area contributed by atoms with Crippen molar-refractivity contribution in [1.29, 1.82) is 0 Å². The second kappa shape index (κ2) is 6.34. The number of rotatable bonds is 4. The molecule has 0 spiro atoms. The van der Waals surface area contributed by atoms with Gasteiger partial charge in [0.1, 0.15) is 0 Å². The largest absolute Gasteiger partial charge is 0.480 e. The molecule has 0 saturated carbocycles. The van der Waals surface area contributed by atoms with Gasteiger partial charge >= 0.3 is 0 Å². The molecule has 20 heavy (non-hydrogen) atoms. The molecule has 2 rings (SSSR count). The third kappa shape index (κ3) is 3.12. The summed E-state index contributed by atoms with van der Waals surface area (Å²) >= 11 is 0. The summed E-state index contributed by atoms with van der Waals surface area (Å²) in [5, 5.41) is 10.6. The minimum Gasteiger partial charge on any atom is -0.480 e. The molecule has 0 aliphatic heterocycles. The van der Waals surface area contributed by atoms with Gasteiger partial charge in [-0.25, -0.2) is 0 Å². The fraction of sp³-hybridized carbons (Fsp3) is 0.133. The number of amides is 1. The summed E-state index contributed by atoms with van der Waals surface area (Å²) in [7, 11) is 1.53. The van der Waals surface area contributed by atoms with E-state index in [0.29, 0.717) is 17.1 Å². The first-order valence-electron chi connectivity index (χ1n) is 5.94. The van der Waals surface area contributed by atoms with Gasteiger partial charge in [-0.15, -0.1) is 16.6 Å². The summed E-state index contributed by atoms with van der Waals surface area (Å²) in [6.07, 6.45) is 5.11. The van der Waals surface area contributed by atoms with Crippen molar-refractivity contribution in [3.63, 3.8) is 0 Å². The van der Waals surface area contributed by atoms with Gasteiger partial charge in [0.2, 0.25) is 5.88 Å². The highest BCUT2D eigenvalue weighted by Crippen LogP contribution is 2.19. The molecule has 0 unspecified atom stereocenters. The smallest absolute Gasteiger partial charge is 0.252 e. The van der Waals surface area contributed by atoms with Crippen LogP contribution < -0.4 is 10.1 Å². The number of benzene rings is 1. The Kier molecular flexibility index (Phi) is 4.30. The third-order valence-corrected chi connectivity index (χ3v) is 2.62. The van der Waals surface area contributed by atoms with E-state index in [0.717, 1.165) is 5.56 Å². The Morgan fingerprint density at radius 2 is 2.20 bits per heavy atom. The third-order valence-electron chi connectivity index (χ3n) is 2.62. The van der Waals surface area contributed by atoms with Crippen molar-refractivity contribution in [2.45, 2.75) is 0 Å². The molecule has 0 aliphatic carbocycles.